The molecule has 0 saturated carbocycles. The van der Waals surface area contributed by atoms with Gasteiger partial charge in [-0.3, -0.25) is 14.4 Å². The number of hydrogen-bond acceptors (Lipinski definition) is 12. The van der Waals surface area contributed by atoms with E-state index in [4.69, 9.17) is 33.1 Å². The Morgan fingerprint density at radius 2 is 1.69 bits per heavy atom. The number of aromatic nitrogens is 1. The van der Waals surface area contributed by atoms with E-state index in [2.05, 4.69) is 21.2 Å². The molecule has 4 aliphatic rings. The third kappa shape index (κ3) is 7.36. The van der Waals surface area contributed by atoms with Gasteiger partial charge >= 0.3 is 5.79 Å². The van der Waals surface area contributed by atoms with Crippen LogP contribution in [-0.2, 0) is 25.6 Å². The van der Waals surface area contributed by atoms with Crippen molar-refractivity contribution in [2.45, 2.75) is 85.3 Å². The van der Waals surface area contributed by atoms with E-state index >= 15 is 0 Å². The van der Waals surface area contributed by atoms with Crippen LogP contribution in [0.4, 0.5) is 5.69 Å². The maximum atomic E-state index is 14.8. The predicted molar refractivity (Wildman–Crippen MR) is 237 cm³/mol. The molecule has 0 spiro atoms. The third-order valence-electron chi connectivity index (χ3n) is 12.7. The average molecular weight is 910 g/mol. The number of aliphatic hydroxyl groups excluding tert-OH is 1. The number of phenolic OH excluding ortho intramolecular Hbond substituents is 1. The topological polar surface area (TPSA) is 176 Å². The van der Waals surface area contributed by atoms with Crippen LogP contribution in [0.3, 0.4) is 0 Å². The van der Waals surface area contributed by atoms with Gasteiger partial charge in [-0.1, -0.05) is 92.2 Å². The first-order valence-corrected chi connectivity index (χ1v) is 21.4. The van der Waals surface area contributed by atoms with Crippen molar-refractivity contribution in [3.63, 3.8) is 0 Å². The van der Waals surface area contributed by atoms with Gasteiger partial charge in [-0.25, -0.2) is 4.98 Å². The van der Waals surface area contributed by atoms with Gasteiger partial charge in [0.15, 0.2) is 22.3 Å². The fourth-order valence-electron chi connectivity index (χ4n) is 8.78. The lowest BCUT2D eigenvalue weighted by Crippen LogP contribution is -2.39. The highest BCUT2D eigenvalue weighted by Crippen LogP contribution is 2.49. The van der Waals surface area contributed by atoms with E-state index < -0.39 is 47.0 Å². The van der Waals surface area contributed by atoms with Crippen molar-refractivity contribution in [1.29, 1.82) is 0 Å². The lowest BCUT2D eigenvalue weighted by atomic mass is 9.81. The fraction of sp³-hybridized carbons (Fsp3) is 0.375. The van der Waals surface area contributed by atoms with Gasteiger partial charge in [0.1, 0.15) is 34.8 Å². The summed E-state index contributed by atoms with van der Waals surface area (Å²) in [6.07, 6.45) is 6.22. The maximum Gasteiger partial charge on any atom is 0.312 e. The molecular weight excluding hydrogens is 860 g/mol. The Balaban J connectivity index is 1.35. The number of ketones is 1. The number of phenols is 1. The first-order valence-electron chi connectivity index (χ1n) is 20.6. The summed E-state index contributed by atoms with van der Waals surface area (Å²) in [4.78, 5) is 48.2. The number of ether oxygens (including phenoxy) is 5. The summed E-state index contributed by atoms with van der Waals surface area (Å²) in [7, 11) is 1.56. The number of aliphatic hydroxyl groups is 1. The van der Waals surface area contributed by atoms with Gasteiger partial charge in [0.05, 0.1) is 41.6 Å². The molecule has 9 rings (SSSR count). The number of amides is 1. The molecule has 3 N–H and O–H groups in total. The molecule has 0 aliphatic carbocycles. The molecule has 4 aliphatic heterocycles. The molecule has 1 aromatic heterocycles. The van der Waals surface area contributed by atoms with Crippen molar-refractivity contribution < 1.29 is 47.9 Å². The quantitative estimate of drug-likeness (QED) is 0.0889. The summed E-state index contributed by atoms with van der Waals surface area (Å²) < 4.78 is 38.2. The molecule has 13 nitrogen and oxygen atoms in total. The molecule has 1 fully saturated rings. The molecule has 324 valence electrons. The maximum absolute atomic E-state index is 14.8. The summed E-state index contributed by atoms with van der Waals surface area (Å²) in [5, 5.41) is 26.0. The van der Waals surface area contributed by atoms with Crippen LogP contribution in [0.25, 0.3) is 33.0 Å². The number of anilines is 1. The second-order valence-corrected chi connectivity index (χ2v) is 17.7. The van der Waals surface area contributed by atoms with Crippen LogP contribution in [-0.4, -0.2) is 64.2 Å². The lowest BCUT2D eigenvalue weighted by molar-refractivity contribution is -0.112. The molecule has 1 unspecified atom stereocenters. The number of nitrogens with one attached hydrogen (secondary N) is 1. The summed E-state index contributed by atoms with van der Waals surface area (Å²) in [6.45, 7) is 12.7. The summed E-state index contributed by atoms with van der Waals surface area (Å²) in [6, 6.07) is 12.9. The van der Waals surface area contributed by atoms with Crippen molar-refractivity contribution in [2.24, 2.45) is 23.7 Å². The second-order valence-electron chi connectivity index (χ2n) is 16.8. The summed E-state index contributed by atoms with van der Waals surface area (Å²) in [5.74, 6) is -4.27. The van der Waals surface area contributed by atoms with Crippen molar-refractivity contribution >= 4 is 66.3 Å². The summed E-state index contributed by atoms with van der Waals surface area (Å²) in [5.41, 5.74) is 0.570. The van der Waals surface area contributed by atoms with Gasteiger partial charge < -0.3 is 43.6 Å². The third-order valence-corrected chi connectivity index (χ3v) is 13.1. The van der Waals surface area contributed by atoms with Gasteiger partial charge in [0.2, 0.25) is 0 Å². The zero-order chi connectivity index (χ0) is 44.4. The highest BCUT2D eigenvalue weighted by Gasteiger charge is 2.50. The van der Waals surface area contributed by atoms with Crippen LogP contribution < -0.4 is 20.2 Å². The van der Waals surface area contributed by atoms with E-state index in [0.717, 1.165) is 5.56 Å². The molecule has 4 aromatic carbocycles. The van der Waals surface area contributed by atoms with E-state index in [1.54, 1.807) is 44.4 Å². The smallest absolute Gasteiger partial charge is 0.312 e. The zero-order valence-corrected chi connectivity index (χ0v) is 37.2. The second kappa shape index (κ2) is 16.6. The molecule has 5 aromatic rings. The van der Waals surface area contributed by atoms with Crippen LogP contribution in [0.15, 0.2) is 92.3 Å². The Hall–Kier alpha value is -5.54. The molecule has 0 radical (unpaired) electrons. The number of carbonyl (C=O) groups excluding carboxylic acids is 2. The fourth-order valence-corrected chi connectivity index (χ4v) is 9.19. The molecule has 5 heterocycles. The molecule has 1 saturated heterocycles. The Morgan fingerprint density at radius 3 is 2.42 bits per heavy atom. The first kappa shape index (κ1) is 43.1. The van der Waals surface area contributed by atoms with Crippen molar-refractivity contribution in [3.05, 3.63) is 110 Å². The SMILES string of the molecule is CO[C@H]1/C=C/O[C@@]2(C)Oc3c(C)c(=O)c4c(O)c(c5oc6cc(Br)cc(OCc7ccccc7)c6nc5c4c3C2=O)NC(=O)/C(C)=C\C=C\[C@H](C)[C@@H]2O[C@@H](C(C)[C@@H]1C)[C@H](O)[C@@H]2C. The average Bonchev–Trinajstić information content (AvgIpc) is 3.70. The van der Waals surface area contributed by atoms with Crippen LogP contribution in [0.5, 0.6) is 17.2 Å². The number of carbonyl (C=O) groups is 2. The molecule has 7 bridgehead atoms. The largest absolute Gasteiger partial charge is 0.505 e. The number of halogens is 1. The molecule has 14 heteroatoms. The molecular formula is C48H49BrN2O11. The Morgan fingerprint density at radius 1 is 0.952 bits per heavy atom. The van der Waals surface area contributed by atoms with Gasteiger partial charge in [0, 0.05) is 46.9 Å². The van der Waals surface area contributed by atoms with Gasteiger partial charge in [-0.2, -0.15) is 0 Å². The number of methoxy groups -OCH3 is 1. The number of benzene rings is 4. The normalized spacial score (nSPS) is 29.7. The number of allylic oxidation sites excluding steroid dienone is 2. The van der Waals surface area contributed by atoms with Gasteiger partial charge in [-0.15, -0.1) is 0 Å². The minimum absolute atomic E-state index is 0.0139. The number of nitrogens with zero attached hydrogens (tertiary/aromatic N) is 1. The van der Waals surface area contributed by atoms with Crippen LogP contribution in [0.1, 0.15) is 63.0 Å². The van der Waals surface area contributed by atoms with Crippen molar-refractivity contribution in [3.8, 4) is 17.2 Å². The van der Waals surface area contributed by atoms with Crippen molar-refractivity contribution in [2.75, 3.05) is 12.4 Å². The monoisotopic (exact) mass is 908 g/mol. The summed E-state index contributed by atoms with van der Waals surface area (Å²) >= 11 is 3.54. The molecule has 1 amide bonds. The van der Waals surface area contributed by atoms with E-state index in [9.17, 15) is 24.6 Å². The predicted octanol–water partition coefficient (Wildman–Crippen LogP) is 8.81. The minimum Gasteiger partial charge on any atom is -0.505 e. The highest BCUT2D eigenvalue weighted by molar-refractivity contribution is 9.10. The number of aromatic hydroxyl groups is 1. The minimum atomic E-state index is -1.97. The molecule has 62 heavy (non-hydrogen) atoms. The number of Topliss-reactive ketones (excluding diaryl/α,β-unsaturated/α-hetero) is 1. The van der Waals surface area contributed by atoms with E-state index in [-0.39, 0.29) is 97.5 Å². The zero-order valence-electron chi connectivity index (χ0n) is 35.6. The van der Waals surface area contributed by atoms with E-state index in [1.807, 2.05) is 64.1 Å². The standard InChI is InChI=1S/C48H49BrN2O11/c1-22-13-12-14-23(2)47(56)51-38-41(54)34-33(37-45(38)60-32-20-29(49)19-31(36(32)50-37)58-21-28-15-10-9-11-16-28)35-43(26(5)39(34)52)62-48(7,46(35)55)59-18-17-30(57-8)24(3)25(4)44-40(53)27(6)42(22)61-44/h9-20,22,24-25,27,30,40,42,44,53-54H,21H2,1-8H3,(H,51,56)/b13-12+,18-17+,23-14-/t22-,24-,25?,27-,30-,40+,42-,44-,48-/m0/s1. The first-order chi connectivity index (χ1) is 29.5. The Labute approximate surface area is 366 Å². The van der Waals surface area contributed by atoms with Gasteiger partial charge in [0.25, 0.3) is 11.7 Å². The molecule has 9 atom stereocenters. The number of fused-ring (bicyclic) bond motifs is 9. The number of hydrogen-bond donors (Lipinski definition) is 3. The lowest BCUT2D eigenvalue weighted by Gasteiger charge is -2.31. The van der Waals surface area contributed by atoms with E-state index in [1.165, 1.54) is 20.1 Å². The Kier molecular flexibility index (Phi) is 11.6. The number of rotatable bonds is 4. The van der Waals surface area contributed by atoms with Crippen LogP contribution >= 0.6 is 15.9 Å². The van der Waals surface area contributed by atoms with Gasteiger partial charge in [-0.05, 0) is 49.5 Å². The Bertz CT molecular complexity index is 2780. The van der Waals surface area contributed by atoms with Crippen LogP contribution in [0, 0.1) is 30.6 Å². The van der Waals surface area contributed by atoms with Crippen LogP contribution in [0.2, 0.25) is 0 Å². The highest BCUT2D eigenvalue weighted by atomic mass is 79.9. The van der Waals surface area contributed by atoms with E-state index in [0.29, 0.717) is 10.2 Å². The van der Waals surface area contributed by atoms with Crippen molar-refractivity contribution in [1.82, 2.24) is 4.98 Å².